The van der Waals surface area contributed by atoms with E-state index in [1.54, 1.807) is 50.1 Å². The Kier molecular flexibility index (Phi) is 5.90. The highest BCUT2D eigenvalue weighted by atomic mass is 32.2. The Bertz CT molecular complexity index is 1000. The molecule has 0 N–H and O–H groups in total. The number of aromatic nitrogens is 2. The number of hydrogen-bond acceptors (Lipinski definition) is 7. The minimum Gasteiger partial charge on any atom is -0.496 e. The van der Waals surface area contributed by atoms with Crippen LogP contribution in [0.5, 0.6) is 17.2 Å². The number of hydrogen-bond donors (Lipinski definition) is 0. The number of amides is 1. The third-order valence-electron chi connectivity index (χ3n) is 5.42. The first-order chi connectivity index (χ1) is 14.5. The molecule has 8 nitrogen and oxygen atoms in total. The Hall–Kier alpha value is -2.68. The molecule has 30 heavy (non-hydrogen) atoms. The van der Waals surface area contributed by atoms with Crippen molar-refractivity contribution >= 4 is 17.7 Å². The van der Waals surface area contributed by atoms with Crippen LogP contribution < -0.4 is 19.8 Å². The van der Waals surface area contributed by atoms with Gasteiger partial charge in [0, 0.05) is 35.9 Å². The van der Waals surface area contributed by atoms with Gasteiger partial charge in [-0.05, 0) is 18.9 Å². The van der Waals surface area contributed by atoms with Gasteiger partial charge in [0.15, 0.2) is 11.5 Å². The molecular weight excluding hydrogens is 406 g/mol. The molecule has 1 aromatic heterocycles. The molecule has 1 aromatic carbocycles. The molecule has 0 spiro atoms. The van der Waals surface area contributed by atoms with Crippen LogP contribution in [0.3, 0.4) is 0 Å². The maximum absolute atomic E-state index is 13.1. The largest absolute Gasteiger partial charge is 0.496 e. The smallest absolute Gasteiger partial charge is 0.254 e. The molecule has 0 radical (unpaired) electrons. The van der Waals surface area contributed by atoms with Gasteiger partial charge in [-0.3, -0.25) is 14.2 Å². The zero-order valence-corrected chi connectivity index (χ0v) is 18.1. The summed E-state index contributed by atoms with van der Waals surface area (Å²) in [5.74, 6) is 2.82. The monoisotopic (exact) mass is 431 g/mol. The predicted octanol–water partition coefficient (Wildman–Crippen LogP) is 2.42. The van der Waals surface area contributed by atoms with Gasteiger partial charge in [-0.15, -0.1) is 11.8 Å². The number of ether oxygens (including phenoxy) is 3. The van der Waals surface area contributed by atoms with E-state index in [2.05, 4.69) is 4.98 Å². The highest BCUT2D eigenvalue weighted by Gasteiger charge is 2.34. The van der Waals surface area contributed by atoms with E-state index in [-0.39, 0.29) is 23.4 Å². The summed E-state index contributed by atoms with van der Waals surface area (Å²) in [6.07, 6.45) is 3.65. The zero-order chi connectivity index (χ0) is 21.3. The van der Waals surface area contributed by atoms with Crippen LogP contribution in [0.1, 0.15) is 35.4 Å². The molecule has 1 amide bonds. The van der Waals surface area contributed by atoms with Crippen LogP contribution in [0, 0.1) is 0 Å². The molecule has 2 fully saturated rings. The van der Waals surface area contributed by atoms with Gasteiger partial charge in [0.1, 0.15) is 17.7 Å². The molecule has 2 aromatic rings. The summed E-state index contributed by atoms with van der Waals surface area (Å²) >= 11 is 1.65. The molecule has 1 atom stereocenters. The van der Waals surface area contributed by atoms with Crippen molar-refractivity contribution in [1.82, 2.24) is 14.5 Å². The molecular formula is C21H25N3O5S. The van der Waals surface area contributed by atoms with E-state index >= 15 is 0 Å². The van der Waals surface area contributed by atoms with Crippen molar-refractivity contribution in [2.75, 3.05) is 33.6 Å². The molecule has 1 aliphatic heterocycles. The summed E-state index contributed by atoms with van der Waals surface area (Å²) in [6, 6.07) is 5.17. The Labute approximate surface area is 179 Å². The minimum atomic E-state index is -0.235. The van der Waals surface area contributed by atoms with E-state index in [0.717, 1.165) is 29.9 Å². The first-order valence-electron chi connectivity index (χ1n) is 9.83. The van der Waals surface area contributed by atoms with Crippen LogP contribution in [0.15, 0.2) is 29.3 Å². The molecule has 2 heterocycles. The van der Waals surface area contributed by atoms with E-state index in [1.165, 1.54) is 10.9 Å². The highest BCUT2D eigenvalue weighted by molar-refractivity contribution is 7.99. The third kappa shape index (κ3) is 3.98. The second-order valence-electron chi connectivity index (χ2n) is 7.31. The van der Waals surface area contributed by atoms with Gasteiger partial charge in [-0.1, -0.05) is 0 Å². The molecule has 9 heteroatoms. The number of rotatable bonds is 7. The summed E-state index contributed by atoms with van der Waals surface area (Å²) in [6.45, 7) is 0.553. The predicted molar refractivity (Wildman–Crippen MR) is 113 cm³/mol. The van der Waals surface area contributed by atoms with E-state index in [0.29, 0.717) is 29.7 Å². The van der Waals surface area contributed by atoms with Crippen LogP contribution in [-0.2, 0) is 11.3 Å². The van der Waals surface area contributed by atoms with Crippen LogP contribution >= 0.6 is 11.8 Å². The first kappa shape index (κ1) is 20.6. The van der Waals surface area contributed by atoms with Crippen molar-refractivity contribution in [2.24, 2.45) is 0 Å². The fourth-order valence-corrected chi connectivity index (χ4v) is 4.92. The standard InChI is InChI=1S/C21H25N3O5S/c1-27-16-10-18(29-3)17(28-2)8-14(16)21-24(6-7-30-21)20(26)11-23-12-22-15(9-19(23)25)13-4-5-13/h8-10,12-13,21H,4-7,11H2,1-3H3. The number of carbonyl (C=O) groups is 1. The summed E-state index contributed by atoms with van der Waals surface area (Å²) in [5.41, 5.74) is 1.47. The van der Waals surface area contributed by atoms with Crippen molar-refractivity contribution < 1.29 is 19.0 Å². The lowest BCUT2D eigenvalue weighted by Gasteiger charge is -2.26. The topological polar surface area (TPSA) is 82.9 Å². The number of benzene rings is 1. The van der Waals surface area contributed by atoms with Crippen molar-refractivity contribution in [3.63, 3.8) is 0 Å². The van der Waals surface area contributed by atoms with E-state index in [9.17, 15) is 9.59 Å². The SMILES string of the molecule is COc1cc(OC)c(C2SCCN2C(=O)Cn2cnc(C3CC3)cc2=O)cc1OC. The van der Waals surface area contributed by atoms with Crippen LogP contribution in [0.25, 0.3) is 0 Å². The third-order valence-corrected chi connectivity index (χ3v) is 6.66. The Morgan fingerprint density at radius 2 is 1.80 bits per heavy atom. The lowest BCUT2D eigenvalue weighted by molar-refractivity contribution is -0.132. The second-order valence-corrected chi connectivity index (χ2v) is 8.50. The van der Waals surface area contributed by atoms with Gasteiger partial charge >= 0.3 is 0 Å². The van der Waals surface area contributed by atoms with Gasteiger partial charge in [-0.2, -0.15) is 0 Å². The molecule has 0 bridgehead atoms. The molecule has 1 unspecified atom stereocenters. The van der Waals surface area contributed by atoms with Crippen LogP contribution in [-0.4, -0.2) is 54.0 Å². The summed E-state index contributed by atoms with van der Waals surface area (Å²) in [5, 5.41) is -0.235. The zero-order valence-electron chi connectivity index (χ0n) is 17.3. The average Bonchev–Trinajstić information content (AvgIpc) is 3.50. The maximum atomic E-state index is 13.1. The minimum absolute atomic E-state index is 0.0382. The second kappa shape index (κ2) is 8.59. The van der Waals surface area contributed by atoms with Gasteiger partial charge in [0.25, 0.3) is 5.56 Å². The van der Waals surface area contributed by atoms with E-state index in [1.807, 2.05) is 6.07 Å². The molecule has 1 saturated carbocycles. The van der Waals surface area contributed by atoms with Crippen molar-refractivity contribution in [3.05, 3.63) is 46.1 Å². The van der Waals surface area contributed by atoms with Gasteiger partial charge in [0.2, 0.25) is 5.91 Å². The highest BCUT2D eigenvalue weighted by Crippen LogP contribution is 2.46. The Morgan fingerprint density at radius 3 is 2.43 bits per heavy atom. The number of nitrogens with zero attached hydrogens (tertiary/aromatic N) is 3. The van der Waals surface area contributed by atoms with Crippen molar-refractivity contribution in [2.45, 2.75) is 30.7 Å². The van der Waals surface area contributed by atoms with Crippen molar-refractivity contribution in [3.8, 4) is 17.2 Å². The molecule has 4 rings (SSSR count). The lowest BCUT2D eigenvalue weighted by Crippen LogP contribution is -2.36. The molecule has 160 valence electrons. The quantitative estimate of drug-likeness (QED) is 0.666. The Balaban J connectivity index is 1.58. The van der Waals surface area contributed by atoms with Crippen molar-refractivity contribution in [1.29, 1.82) is 0 Å². The van der Waals surface area contributed by atoms with E-state index < -0.39 is 0 Å². The fraction of sp³-hybridized carbons (Fsp3) is 0.476. The van der Waals surface area contributed by atoms with Gasteiger partial charge in [0.05, 0.1) is 33.4 Å². The molecule has 1 aliphatic carbocycles. The van der Waals surface area contributed by atoms with Gasteiger partial charge < -0.3 is 19.1 Å². The molecule has 2 aliphatic rings. The van der Waals surface area contributed by atoms with Gasteiger partial charge in [-0.25, -0.2) is 4.98 Å². The normalized spacial score (nSPS) is 18.4. The fourth-order valence-electron chi connectivity index (χ4n) is 3.63. The first-order valence-corrected chi connectivity index (χ1v) is 10.9. The molecule has 1 saturated heterocycles. The van der Waals surface area contributed by atoms with Crippen LogP contribution in [0.4, 0.5) is 0 Å². The number of thioether (sulfide) groups is 1. The number of methoxy groups -OCH3 is 3. The summed E-state index contributed by atoms with van der Waals surface area (Å²) in [4.78, 5) is 31.7. The lowest BCUT2D eigenvalue weighted by atomic mass is 10.1. The number of carbonyl (C=O) groups excluding carboxylic acids is 1. The van der Waals surface area contributed by atoms with Crippen LogP contribution in [0.2, 0.25) is 0 Å². The maximum Gasteiger partial charge on any atom is 0.254 e. The summed E-state index contributed by atoms with van der Waals surface area (Å²) in [7, 11) is 4.73. The van der Waals surface area contributed by atoms with E-state index in [4.69, 9.17) is 14.2 Å². The Morgan fingerprint density at radius 1 is 1.10 bits per heavy atom. The average molecular weight is 432 g/mol. The summed E-state index contributed by atoms with van der Waals surface area (Å²) < 4.78 is 17.7.